The lowest BCUT2D eigenvalue weighted by atomic mass is 10.1. The number of primary amides is 1. The summed E-state index contributed by atoms with van der Waals surface area (Å²) < 4.78 is 0. The Hall–Kier alpha value is -1.56. The highest BCUT2D eigenvalue weighted by Crippen LogP contribution is 2.27. The summed E-state index contributed by atoms with van der Waals surface area (Å²) in [6, 6.07) is 0. The number of halogens is 1. The van der Waals surface area contributed by atoms with Crippen LogP contribution in [-0.4, -0.2) is 29.0 Å². The van der Waals surface area contributed by atoms with Crippen molar-refractivity contribution < 1.29 is 4.79 Å². The summed E-state index contributed by atoms with van der Waals surface area (Å²) in [4.78, 5) is 20.8. The molecule has 1 aromatic rings. The molecule has 1 aliphatic rings. The predicted octanol–water partition coefficient (Wildman–Crippen LogP) is 0.0238. The number of rotatable bonds is 2. The highest BCUT2D eigenvalue weighted by Gasteiger charge is 2.28. The predicted molar refractivity (Wildman–Crippen MR) is 61.0 cm³/mol. The molecule has 2 rings (SSSR count). The zero-order valence-corrected chi connectivity index (χ0v) is 9.31. The van der Waals surface area contributed by atoms with Gasteiger partial charge in [-0.2, -0.15) is 4.98 Å². The second-order valence-electron chi connectivity index (χ2n) is 3.75. The monoisotopic (exact) mass is 241 g/mol. The summed E-state index contributed by atoms with van der Waals surface area (Å²) in [6.45, 7) is 1.23. The number of nitrogen functional groups attached to an aromatic ring is 1. The van der Waals surface area contributed by atoms with E-state index in [2.05, 4.69) is 9.97 Å². The van der Waals surface area contributed by atoms with Crippen molar-refractivity contribution in [2.24, 2.45) is 11.7 Å². The number of nitrogens with zero attached hydrogens (tertiary/aromatic N) is 3. The molecule has 0 radical (unpaired) electrons. The van der Waals surface area contributed by atoms with Gasteiger partial charge >= 0.3 is 0 Å². The fraction of sp³-hybridized carbons (Fsp3) is 0.444. The summed E-state index contributed by atoms with van der Waals surface area (Å²) in [6.07, 6.45) is 2.18. The number of hydrogen-bond acceptors (Lipinski definition) is 5. The Kier molecular flexibility index (Phi) is 2.82. The maximum Gasteiger partial charge on any atom is 0.224 e. The first kappa shape index (κ1) is 10.9. The Balaban J connectivity index is 2.20. The van der Waals surface area contributed by atoms with Crippen molar-refractivity contribution in [3.8, 4) is 0 Å². The Bertz CT molecular complexity index is 424. The molecular formula is C9H12ClN5O. The normalized spacial score (nSPS) is 20.1. The summed E-state index contributed by atoms with van der Waals surface area (Å²) in [5.41, 5.74) is 11.5. The molecule has 1 unspecified atom stereocenters. The Morgan fingerprint density at radius 1 is 1.62 bits per heavy atom. The molecule has 1 aromatic heterocycles. The summed E-state index contributed by atoms with van der Waals surface area (Å²) in [5, 5.41) is 0.145. The molecule has 1 aliphatic heterocycles. The van der Waals surface area contributed by atoms with E-state index in [1.54, 1.807) is 0 Å². The molecule has 1 amide bonds. The minimum atomic E-state index is -0.291. The first-order valence-corrected chi connectivity index (χ1v) is 5.28. The lowest BCUT2D eigenvalue weighted by Crippen LogP contribution is -2.28. The van der Waals surface area contributed by atoms with E-state index in [1.807, 2.05) is 4.90 Å². The zero-order valence-electron chi connectivity index (χ0n) is 8.56. The van der Waals surface area contributed by atoms with Crippen LogP contribution in [0.5, 0.6) is 0 Å². The quantitative estimate of drug-likeness (QED) is 0.712. The van der Waals surface area contributed by atoms with Crippen LogP contribution in [0.25, 0.3) is 0 Å². The van der Waals surface area contributed by atoms with E-state index >= 15 is 0 Å². The number of hydrogen-bond donors (Lipinski definition) is 2. The number of anilines is 2. The average molecular weight is 242 g/mol. The highest BCUT2D eigenvalue weighted by atomic mass is 35.5. The Morgan fingerprint density at radius 2 is 2.38 bits per heavy atom. The van der Waals surface area contributed by atoms with Gasteiger partial charge in [0.15, 0.2) is 5.82 Å². The topological polar surface area (TPSA) is 98.1 Å². The number of carbonyl (C=O) groups is 1. The van der Waals surface area contributed by atoms with Gasteiger partial charge in [0.05, 0.1) is 17.8 Å². The lowest BCUT2D eigenvalue weighted by molar-refractivity contribution is -0.121. The molecule has 1 atom stereocenters. The maximum atomic E-state index is 11.0. The van der Waals surface area contributed by atoms with Gasteiger partial charge in [0.1, 0.15) is 0 Å². The minimum Gasteiger partial charge on any atom is -0.394 e. The molecule has 1 fully saturated rings. The fourth-order valence-electron chi connectivity index (χ4n) is 1.80. The van der Waals surface area contributed by atoms with E-state index in [-0.39, 0.29) is 17.1 Å². The van der Waals surface area contributed by atoms with Gasteiger partial charge in [-0.05, 0) is 18.0 Å². The van der Waals surface area contributed by atoms with Crippen molar-refractivity contribution in [3.63, 3.8) is 0 Å². The van der Waals surface area contributed by atoms with Crippen LogP contribution in [0.4, 0.5) is 11.5 Å². The van der Waals surface area contributed by atoms with Gasteiger partial charge < -0.3 is 16.4 Å². The number of aromatic nitrogens is 2. The third-order valence-corrected chi connectivity index (χ3v) is 2.84. The van der Waals surface area contributed by atoms with Crippen LogP contribution in [0.1, 0.15) is 6.42 Å². The van der Waals surface area contributed by atoms with Crippen LogP contribution in [0.2, 0.25) is 5.28 Å². The average Bonchev–Trinajstić information content (AvgIpc) is 2.70. The third-order valence-electron chi connectivity index (χ3n) is 2.66. The van der Waals surface area contributed by atoms with Crippen molar-refractivity contribution in [1.29, 1.82) is 0 Å². The molecule has 0 aromatic carbocycles. The lowest BCUT2D eigenvalue weighted by Gasteiger charge is -2.18. The minimum absolute atomic E-state index is 0.145. The van der Waals surface area contributed by atoms with Crippen molar-refractivity contribution in [1.82, 2.24) is 9.97 Å². The Labute approximate surface area is 97.6 Å². The summed E-state index contributed by atoms with van der Waals surface area (Å²) in [7, 11) is 0. The van der Waals surface area contributed by atoms with Gasteiger partial charge in [-0.3, -0.25) is 4.79 Å². The summed E-state index contributed by atoms with van der Waals surface area (Å²) >= 11 is 5.70. The smallest absolute Gasteiger partial charge is 0.224 e. The second kappa shape index (κ2) is 4.13. The molecular weight excluding hydrogens is 230 g/mol. The van der Waals surface area contributed by atoms with Crippen LogP contribution < -0.4 is 16.4 Å². The van der Waals surface area contributed by atoms with E-state index in [0.29, 0.717) is 24.6 Å². The fourth-order valence-corrected chi connectivity index (χ4v) is 1.93. The van der Waals surface area contributed by atoms with E-state index in [1.165, 1.54) is 6.20 Å². The first-order chi connectivity index (χ1) is 7.58. The molecule has 4 N–H and O–H groups in total. The van der Waals surface area contributed by atoms with Crippen LogP contribution in [0.3, 0.4) is 0 Å². The molecule has 2 heterocycles. The number of carbonyl (C=O) groups excluding carboxylic acids is 1. The van der Waals surface area contributed by atoms with Crippen LogP contribution in [-0.2, 0) is 4.79 Å². The van der Waals surface area contributed by atoms with Gasteiger partial charge in [-0.15, -0.1) is 0 Å². The molecule has 6 nitrogen and oxygen atoms in total. The molecule has 1 saturated heterocycles. The molecule has 0 saturated carbocycles. The number of amides is 1. The van der Waals surface area contributed by atoms with Crippen molar-refractivity contribution >= 4 is 29.0 Å². The first-order valence-electron chi connectivity index (χ1n) is 4.90. The highest BCUT2D eigenvalue weighted by molar-refractivity contribution is 6.28. The molecule has 0 spiro atoms. The zero-order chi connectivity index (χ0) is 11.7. The number of nitrogens with two attached hydrogens (primary N) is 2. The Morgan fingerprint density at radius 3 is 3.00 bits per heavy atom. The van der Waals surface area contributed by atoms with E-state index in [4.69, 9.17) is 23.1 Å². The summed E-state index contributed by atoms with van der Waals surface area (Å²) in [5.74, 6) is 0.137. The molecule has 0 aliphatic carbocycles. The van der Waals surface area contributed by atoms with Gasteiger partial charge in [0, 0.05) is 13.1 Å². The molecule has 0 bridgehead atoms. The largest absolute Gasteiger partial charge is 0.394 e. The molecule has 7 heteroatoms. The van der Waals surface area contributed by atoms with Crippen molar-refractivity contribution in [2.75, 3.05) is 23.7 Å². The molecule has 16 heavy (non-hydrogen) atoms. The maximum absolute atomic E-state index is 11.0. The molecule has 86 valence electrons. The van der Waals surface area contributed by atoms with Crippen LogP contribution >= 0.6 is 11.6 Å². The van der Waals surface area contributed by atoms with E-state index < -0.39 is 0 Å². The van der Waals surface area contributed by atoms with Crippen molar-refractivity contribution in [2.45, 2.75) is 6.42 Å². The van der Waals surface area contributed by atoms with Crippen LogP contribution in [0, 0.1) is 5.92 Å². The van der Waals surface area contributed by atoms with Gasteiger partial charge in [-0.1, -0.05) is 0 Å². The standard InChI is InChI=1S/C9H12ClN5O/c10-9-13-3-6(11)8(14-9)15-2-1-5(4-15)7(12)16/h3,5H,1-2,4,11H2,(H2,12,16). The van der Waals surface area contributed by atoms with Crippen molar-refractivity contribution in [3.05, 3.63) is 11.5 Å². The van der Waals surface area contributed by atoms with Gasteiger partial charge in [0.25, 0.3) is 0 Å². The van der Waals surface area contributed by atoms with Gasteiger partial charge in [0.2, 0.25) is 11.2 Å². The van der Waals surface area contributed by atoms with Gasteiger partial charge in [-0.25, -0.2) is 4.98 Å². The second-order valence-corrected chi connectivity index (χ2v) is 4.09. The van der Waals surface area contributed by atoms with E-state index in [9.17, 15) is 4.79 Å². The third kappa shape index (κ3) is 2.01. The SMILES string of the molecule is NC(=O)C1CCN(c2nc(Cl)ncc2N)C1. The van der Waals surface area contributed by atoms with E-state index in [0.717, 1.165) is 6.42 Å². The van der Waals surface area contributed by atoms with Crippen LogP contribution in [0.15, 0.2) is 6.20 Å².